The molecule has 2 N–H and O–H groups in total. The van der Waals surface area contributed by atoms with Crippen LogP contribution in [-0.4, -0.2) is 14.2 Å². The summed E-state index contributed by atoms with van der Waals surface area (Å²) in [5.74, 6) is 1.50. The Bertz CT molecular complexity index is 307. The summed E-state index contributed by atoms with van der Waals surface area (Å²) in [6.07, 6.45) is 0. The number of ether oxygens (including phenoxy) is 2. The molecule has 1 aromatic carbocycles. The minimum atomic E-state index is 0. The molecule has 1 rings (SSSR count). The summed E-state index contributed by atoms with van der Waals surface area (Å²) in [6.45, 7) is 0.438. The van der Waals surface area contributed by atoms with Gasteiger partial charge in [-0.3, -0.25) is 0 Å². The fourth-order valence-electron chi connectivity index (χ4n) is 1.09. The summed E-state index contributed by atoms with van der Waals surface area (Å²) in [5.41, 5.74) is 6.52. The van der Waals surface area contributed by atoms with Gasteiger partial charge in [0, 0.05) is 22.6 Å². The molecule has 0 aliphatic rings. The van der Waals surface area contributed by atoms with E-state index < -0.39 is 0 Å². The summed E-state index contributed by atoms with van der Waals surface area (Å²) in [7, 11) is 3.23. The fourth-order valence-corrected chi connectivity index (χ4v) is 1.67. The lowest BCUT2D eigenvalue weighted by atomic mass is 10.2. The largest absolute Gasteiger partial charge is 0.497 e. The molecule has 0 spiro atoms. The highest BCUT2D eigenvalue weighted by atomic mass is 79.9. The molecule has 0 atom stereocenters. The predicted molar refractivity (Wildman–Crippen MR) is 62.4 cm³/mol. The molecule has 0 bridgehead atoms. The lowest BCUT2D eigenvalue weighted by Crippen LogP contribution is -2.01. The van der Waals surface area contributed by atoms with E-state index in [1.165, 1.54) is 0 Å². The molecule has 0 heterocycles. The molecule has 0 amide bonds. The van der Waals surface area contributed by atoms with Crippen LogP contribution in [-0.2, 0) is 6.54 Å². The number of hydrogen-bond donors (Lipinski definition) is 1. The standard InChI is InChI=1S/C9H12BrNO2.ClH/c1-12-6-3-8(10)7(5-11)9(4-6)13-2;/h3-4H,5,11H2,1-2H3;1H. The molecule has 0 saturated carbocycles. The van der Waals surface area contributed by atoms with Gasteiger partial charge in [0.05, 0.1) is 14.2 Å². The summed E-state index contributed by atoms with van der Waals surface area (Å²) >= 11 is 3.40. The normalized spacial score (nSPS) is 9.14. The quantitative estimate of drug-likeness (QED) is 0.925. The average Bonchev–Trinajstić information content (AvgIpc) is 2.16. The number of halogens is 2. The summed E-state index contributed by atoms with van der Waals surface area (Å²) in [6, 6.07) is 3.68. The van der Waals surface area contributed by atoms with Gasteiger partial charge in [0.1, 0.15) is 11.5 Å². The molecule has 0 aliphatic carbocycles. The lowest BCUT2D eigenvalue weighted by molar-refractivity contribution is 0.390. The van der Waals surface area contributed by atoms with Crippen molar-refractivity contribution < 1.29 is 9.47 Å². The molecular formula is C9H13BrClNO2. The predicted octanol–water partition coefficient (Wildman–Crippen LogP) is 2.35. The van der Waals surface area contributed by atoms with Crippen molar-refractivity contribution in [3.8, 4) is 11.5 Å². The van der Waals surface area contributed by atoms with Gasteiger partial charge in [-0.15, -0.1) is 12.4 Å². The Hall–Kier alpha value is -0.450. The Balaban J connectivity index is 0.00000169. The molecule has 0 radical (unpaired) electrons. The number of benzene rings is 1. The molecule has 0 saturated heterocycles. The molecule has 80 valence electrons. The van der Waals surface area contributed by atoms with Gasteiger partial charge in [0.25, 0.3) is 0 Å². The van der Waals surface area contributed by atoms with Crippen LogP contribution in [0.2, 0.25) is 0 Å². The zero-order valence-corrected chi connectivity index (χ0v) is 10.4. The van der Waals surface area contributed by atoms with Gasteiger partial charge in [0.2, 0.25) is 0 Å². The molecule has 1 aromatic rings. The first-order valence-corrected chi connectivity index (χ1v) is 4.62. The van der Waals surface area contributed by atoms with Crippen LogP contribution >= 0.6 is 28.3 Å². The highest BCUT2D eigenvalue weighted by Crippen LogP contribution is 2.31. The van der Waals surface area contributed by atoms with E-state index in [4.69, 9.17) is 15.2 Å². The van der Waals surface area contributed by atoms with Crippen LogP contribution in [0.1, 0.15) is 5.56 Å². The van der Waals surface area contributed by atoms with E-state index in [2.05, 4.69) is 15.9 Å². The molecule has 5 heteroatoms. The maximum absolute atomic E-state index is 5.57. The molecule has 3 nitrogen and oxygen atoms in total. The topological polar surface area (TPSA) is 44.5 Å². The first-order valence-electron chi connectivity index (χ1n) is 3.83. The van der Waals surface area contributed by atoms with Gasteiger partial charge in [-0.25, -0.2) is 0 Å². The van der Waals surface area contributed by atoms with Crippen LogP contribution in [0, 0.1) is 0 Å². The first-order chi connectivity index (χ1) is 6.22. The van der Waals surface area contributed by atoms with Crippen LogP contribution in [0.3, 0.4) is 0 Å². The van der Waals surface area contributed by atoms with Gasteiger partial charge in [-0.1, -0.05) is 15.9 Å². The summed E-state index contributed by atoms with van der Waals surface area (Å²) in [5, 5.41) is 0. The summed E-state index contributed by atoms with van der Waals surface area (Å²) < 4.78 is 11.2. The molecule has 0 unspecified atom stereocenters. The smallest absolute Gasteiger partial charge is 0.128 e. The Kier molecular flexibility index (Phi) is 5.92. The van der Waals surface area contributed by atoms with Gasteiger partial charge in [-0.05, 0) is 6.07 Å². The Morgan fingerprint density at radius 3 is 2.36 bits per heavy atom. The first kappa shape index (κ1) is 13.5. The van der Waals surface area contributed by atoms with E-state index >= 15 is 0 Å². The van der Waals surface area contributed by atoms with Crippen molar-refractivity contribution >= 4 is 28.3 Å². The van der Waals surface area contributed by atoms with Crippen molar-refractivity contribution in [2.24, 2.45) is 5.73 Å². The number of hydrogen-bond acceptors (Lipinski definition) is 3. The zero-order valence-electron chi connectivity index (χ0n) is 8.04. The van der Waals surface area contributed by atoms with E-state index in [0.29, 0.717) is 6.54 Å². The van der Waals surface area contributed by atoms with E-state index in [1.54, 1.807) is 14.2 Å². The highest BCUT2D eigenvalue weighted by Gasteiger charge is 2.08. The van der Waals surface area contributed by atoms with Crippen LogP contribution < -0.4 is 15.2 Å². The van der Waals surface area contributed by atoms with Crippen molar-refractivity contribution in [2.45, 2.75) is 6.54 Å². The fraction of sp³-hybridized carbons (Fsp3) is 0.333. The average molecular weight is 283 g/mol. The van der Waals surface area contributed by atoms with Crippen LogP contribution in [0.25, 0.3) is 0 Å². The van der Waals surface area contributed by atoms with Crippen LogP contribution in [0.15, 0.2) is 16.6 Å². The second-order valence-corrected chi connectivity index (χ2v) is 3.35. The molecule has 0 aliphatic heterocycles. The maximum Gasteiger partial charge on any atom is 0.128 e. The number of rotatable bonds is 3. The van der Waals surface area contributed by atoms with E-state index in [1.807, 2.05) is 12.1 Å². The second-order valence-electron chi connectivity index (χ2n) is 2.49. The summed E-state index contributed by atoms with van der Waals surface area (Å²) in [4.78, 5) is 0. The van der Waals surface area contributed by atoms with Crippen LogP contribution in [0.5, 0.6) is 11.5 Å². The minimum Gasteiger partial charge on any atom is -0.497 e. The van der Waals surface area contributed by atoms with Crippen LogP contribution in [0.4, 0.5) is 0 Å². The third-order valence-corrected chi connectivity index (χ3v) is 2.50. The maximum atomic E-state index is 5.57. The monoisotopic (exact) mass is 281 g/mol. The van der Waals surface area contributed by atoms with Crippen molar-refractivity contribution in [3.05, 3.63) is 22.2 Å². The van der Waals surface area contributed by atoms with Gasteiger partial charge in [-0.2, -0.15) is 0 Å². The van der Waals surface area contributed by atoms with Crippen molar-refractivity contribution in [1.29, 1.82) is 0 Å². The molecule has 14 heavy (non-hydrogen) atoms. The van der Waals surface area contributed by atoms with Crippen molar-refractivity contribution in [1.82, 2.24) is 0 Å². The van der Waals surface area contributed by atoms with Gasteiger partial charge in [0.15, 0.2) is 0 Å². The van der Waals surface area contributed by atoms with E-state index in [9.17, 15) is 0 Å². The Morgan fingerprint density at radius 1 is 1.29 bits per heavy atom. The SMILES string of the molecule is COc1cc(Br)c(CN)c(OC)c1.Cl. The third kappa shape index (κ3) is 2.77. The Labute approximate surface area is 98.1 Å². The van der Waals surface area contributed by atoms with Crippen molar-refractivity contribution in [2.75, 3.05) is 14.2 Å². The number of methoxy groups -OCH3 is 2. The van der Waals surface area contributed by atoms with E-state index in [0.717, 1.165) is 21.5 Å². The zero-order chi connectivity index (χ0) is 9.84. The van der Waals surface area contributed by atoms with Crippen molar-refractivity contribution in [3.63, 3.8) is 0 Å². The van der Waals surface area contributed by atoms with Gasteiger partial charge >= 0.3 is 0 Å². The Morgan fingerprint density at radius 2 is 1.93 bits per heavy atom. The minimum absolute atomic E-state index is 0. The molecular weight excluding hydrogens is 269 g/mol. The second kappa shape index (κ2) is 6.11. The molecule has 0 fully saturated rings. The van der Waals surface area contributed by atoms with Gasteiger partial charge < -0.3 is 15.2 Å². The van der Waals surface area contributed by atoms with E-state index in [-0.39, 0.29) is 12.4 Å². The lowest BCUT2D eigenvalue weighted by Gasteiger charge is -2.10. The highest BCUT2D eigenvalue weighted by molar-refractivity contribution is 9.10. The number of nitrogens with two attached hydrogens (primary N) is 1. The molecule has 0 aromatic heterocycles. The third-order valence-electron chi connectivity index (χ3n) is 1.79.